The van der Waals surface area contributed by atoms with Crippen LogP contribution in [-0.2, 0) is 19.1 Å². The van der Waals surface area contributed by atoms with Crippen molar-refractivity contribution in [2.45, 2.75) is 63.3 Å². The van der Waals surface area contributed by atoms with E-state index in [9.17, 15) is 24.4 Å². The van der Waals surface area contributed by atoms with Gasteiger partial charge in [-0.2, -0.15) is 5.26 Å². The maximum absolute atomic E-state index is 14.3. The average Bonchev–Trinajstić information content (AvgIpc) is 3.59. The first kappa shape index (κ1) is 28.9. The summed E-state index contributed by atoms with van der Waals surface area (Å²) < 4.78 is 10.9. The number of nitriles is 1. The Labute approximate surface area is 244 Å². The van der Waals surface area contributed by atoms with E-state index in [1.807, 2.05) is 51.1 Å². The van der Waals surface area contributed by atoms with Gasteiger partial charge in [0.1, 0.15) is 18.1 Å². The van der Waals surface area contributed by atoms with Crippen LogP contribution in [0.1, 0.15) is 45.1 Å². The van der Waals surface area contributed by atoms with Crippen molar-refractivity contribution in [2.75, 3.05) is 25.5 Å². The van der Waals surface area contributed by atoms with Crippen molar-refractivity contribution in [2.24, 2.45) is 5.41 Å². The lowest BCUT2D eigenvalue weighted by atomic mass is 9.85. The molecule has 2 saturated heterocycles. The summed E-state index contributed by atoms with van der Waals surface area (Å²) in [7, 11) is 1.22. The first-order valence-corrected chi connectivity index (χ1v) is 13.8. The molecule has 12 nitrogen and oxygen atoms in total. The third-order valence-corrected chi connectivity index (χ3v) is 8.18. The van der Waals surface area contributed by atoms with Gasteiger partial charge < -0.3 is 29.9 Å². The summed E-state index contributed by atoms with van der Waals surface area (Å²) in [6.45, 7) is 5.51. The van der Waals surface area contributed by atoms with Gasteiger partial charge in [-0.25, -0.2) is 9.78 Å². The highest BCUT2D eigenvalue weighted by Gasteiger charge is 2.57. The summed E-state index contributed by atoms with van der Waals surface area (Å²) in [5, 5.41) is 15.4. The molecule has 3 aliphatic heterocycles. The SMILES string of the molecule is COC(=O)N[C@H](C(=O)N1C[C@H](c2ccccc2)C[C@H]1C(=O)N1C[C@@]2(C[C@H]1C#N)Oc1cccnc1NC2=O)C(C)(C)C. The van der Waals surface area contributed by atoms with Crippen LogP contribution in [-0.4, -0.2) is 82.5 Å². The van der Waals surface area contributed by atoms with Crippen LogP contribution in [0.2, 0.25) is 0 Å². The number of nitrogens with one attached hydrogen (secondary N) is 2. The molecule has 4 heterocycles. The van der Waals surface area contributed by atoms with E-state index in [-0.39, 0.29) is 31.2 Å². The summed E-state index contributed by atoms with van der Waals surface area (Å²) in [6.07, 6.45) is 1.04. The number of rotatable bonds is 4. The number of hydrogen-bond donors (Lipinski definition) is 2. The zero-order valence-corrected chi connectivity index (χ0v) is 24.0. The fraction of sp³-hybridized carbons (Fsp3) is 0.467. The van der Waals surface area contributed by atoms with Crippen LogP contribution in [0.3, 0.4) is 0 Å². The lowest BCUT2D eigenvalue weighted by Crippen LogP contribution is -2.59. The minimum Gasteiger partial charge on any atom is -0.472 e. The number of methoxy groups -OCH3 is 1. The highest BCUT2D eigenvalue weighted by atomic mass is 16.5. The molecule has 1 aromatic heterocycles. The van der Waals surface area contributed by atoms with Gasteiger partial charge in [-0.15, -0.1) is 0 Å². The molecule has 0 bridgehead atoms. The number of carbonyl (C=O) groups is 4. The first-order chi connectivity index (χ1) is 20.0. The van der Waals surface area contributed by atoms with Crippen LogP contribution in [0.5, 0.6) is 5.75 Å². The van der Waals surface area contributed by atoms with Crippen molar-refractivity contribution in [1.29, 1.82) is 5.26 Å². The molecule has 4 amide bonds. The third kappa shape index (κ3) is 5.22. The number of ether oxygens (including phenoxy) is 2. The topological polar surface area (TPSA) is 154 Å². The predicted octanol–water partition coefficient (Wildman–Crippen LogP) is 2.43. The Balaban J connectivity index is 1.47. The minimum atomic E-state index is -1.47. The van der Waals surface area contributed by atoms with E-state index in [0.29, 0.717) is 12.2 Å². The Bertz CT molecular complexity index is 1440. The van der Waals surface area contributed by atoms with Crippen LogP contribution >= 0.6 is 0 Å². The number of amides is 4. The minimum absolute atomic E-state index is 0.0350. The summed E-state index contributed by atoms with van der Waals surface area (Å²) in [4.78, 5) is 60.8. The first-order valence-electron chi connectivity index (χ1n) is 13.8. The number of hydrogen-bond acceptors (Lipinski definition) is 8. The molecule has 42 heavy (non-hydrogen) atoms. The van der Waals surface area contributed by atoms with Crippen molar-refractivity contribution in [3.05, 3.63) is 54.2 Å². The molecular formula is C30H34N6O6. The third-order valence-electron chi connectivity index (χ3n) is 8.18. The number of aromatic nitrogens is 1. The van der Waals surface area contributed by atoms with Gasteiger partial charge >= 0.3 is 6.09 Å². The Kier molecular flexibility index (Phi) is 7.53. The number of likely N-dealkylation sites (tertiary alicyclic amines) is 2. The van der Waals surface area contributed by atoms with Gasteiger partial charge in [0, 0.05) is 25.1 Å². The van der Waals surface area contributed by atoms with E-state index in [1.165, 1.54) is 23.1 Å². The standard InChI is InChI=1S/C30H34N6O6/c1-29(2,3)23(33-28(40)41-4)26(38)35-16-19(18-9-6-5-7-10-18)13-21(35)25(37)36-17-30(14-20(36)15-31)27(39)34-24-22(42-30)11-8-12-32-24/h5-12,19-21,23H,13-14,16-17H2,1-4H3,(H,33,40)(H,32,34,39)/t19-,20+,21+,23-,30-/m1/s1. The predicted molar refractivity (Wildman–Crippen MR) is 150 cm³/mol. The van der Waals surface area contributed by atoms with Gasteiger partial charge in [0.05, 0.1) is 19.7 Å². The normalized spacial score (nSPS) is 25.6. The van der Waals surface area contributed by atoms with Gasteiger partial charge in [0.15, 0.2) is 11.6 Å². The van der Waals surface area contributed by atoms with E-state index in [2.05, 4.69) is 21.7 Å². The maximum atomic E-state index is 14.3. The number of benzene rings is 1. The Morgan fingerprint density at radius 1 is 1.19 bits per heavy atom. The lowest BCUT2D eigenvalue weighted by molar-refractivity contribution is -0.147. The van der Waals surface area contributed by atoms with E-state index >= 15 is 0 Å². The molecule has 1 aromatic carbocycles. The van der Waals surface area contributed by atoms with Crippen LogP contribution in [0, 0.1) is 16.7 Å². The molecule has 1 spiro atoms. The van der Waals surface area contributed by atoms with E-state index in [4.69, 9.17) is 9.47 Å². The fourth-order valence-electron chi connectivity index (χ4n) is 5.97. The second kappa shape index (κ2) is 11.0. The number of anilines is 1. The second-order valence-corrected chi connectivity index (χ2v) is 12.0. The molecule has 2 aromatic rings. The Hall–Kier alpha value is -4.66. The largest absolute Gasteiger partial charge is 0.472 e. The van der Waals surface area contributed by atoms with E-state index < -0.39 is 53.0 Å². The number of carbonyl (C=O) groups excluding carboxylic acids is 4. The highest BCUT2D eigenvalue weighted by Crippen LogP contribution is 2.41. The van der Waals surface area contributed by atoms with Crippen LogP contribution in [0.25, 0.3) is 0 Å². The maximum Gasteiger partial charge on any atom is 0.407 e. The molecule has 12 heteroatoms. The van der Waals surface area contributed by atoms with Gasteiger partial charge in [0.2, 0.25) is 17.4 Å². The molecule has 0 unspecified atom stereocenters. The summed E-state index contributed by atoms with van der Waals surface area (Å²) in [6, 6.07) is 12.2. The Morgan fingerprint density at radius 2 is 1.93 bits per heavy atom. The fourth-order valence-corrected chi connectivity index (χ4v) is 5.97. The molecule has 220 valence electrons. The quantitative estimate of drug-likeness (QED) is 0.565. The second-order valence-electron chi connectivity index (χ2n) is 12.0. The van der Waals surface area contributed by atoms with Crippen molar-refractivity contribution >= 4 is 29.6 Å². The summed E-state index contributed by atoms with van der Waals surface area (Å²) >= 11 is 0. The zero-order valence-electron chi connectivity index (χ0n) is 24.0. The average molecular weight is 575 g/mol. The zero-order chi connectivity index (χ0) is 30.2. The smallest absolute Gasteiger partial charge is 0.407 e. The molecule has 2 fully saturated rings. The van der Waals surface area contributed by atoms with Crippen molar-refractivity contribution < 1.29 is 28.7 Å². The van der Waals surface area contributed by atoms with Crippen LogP contribution < -0.4 is 15.4 Å². The van der Waals surface area contributed by atoms with Gasteiger partial charge in [-0.1, -0.05) is 51.1 Å². The number of fused-ring (bicyclic) bond motifs is 1. The van der Waals surface area contributed by atoms with Gasteiger partial charge in [-0.05, 0) is 29.5 Å². The molecule has 5 rings (SSSR count). The lowest BCUT2D eigenvalue weighted by Gasteiger charge is -2.36. The van der Waals surface area contributed by atoms with Crippen LogP contribution in [0.15, 0.2) is 48.7 Å². The molecule has 0 radical (unpaired) electrons. The molecular weight excluding hydrogens is 540 g/mol. The van der Waals surface area contributed by atoms with Crippen molar-refractivity contribution in [3.63, 3.8) is 0 Å². The molecule has 3 aliphatic rings. The molecule has 0 saturated carbocycles. The monoisotopic (exact) mass is 574 g/mol. The van der Waals surface area contributed by atoms with Gasteiger partial charge in [0.25, 0.3) is 5.91 Å². The van der Waals surface area contributed by atoms with Crippen molar-refractivity contribution in [3.8, 4) is 11.8 Å². The molecule has 2 N–H and O–H groups in total. The number of nitrogens with zero attached hydrogens (tertiary/aromatic N) is 4. The number of alkyl carbamates (subject to hydrolysis) is 1. The highest BCUT2D eigenvalue weighted by molar-refractivity contribution is 6.01. The Morgan fingerprint density at radius 3 is 2.60 bits per heavy atom. The molecule has 0 aliphatic carbocycles. The summed E-state index contributed by atoms with van der Waals surface area (Å²) in [5.41, 5.74) is -1.21. The van der Waals surface area contributed by atoms with Gasteiger partial charge in [-0.3, -0.25) is 14.4 Å². The summed E-state index contributed by atoms with van der Waals surface area (Å²) in [5.74, 6) is -0.904. The van der Waals surface area contributed by atoms with E-state index in [1.54, 1.807) is 12.1 Å². The van der Waals surface area contributed by atoms with E-state index in [0.717, 1.165) is 5.56 Å². The number of pyridine rings is 1. The van der Waals surface area contributed by atoms with Crippen molar-refractivity contribution in [1.82, 2.24) is 20.1 Å². The van der Waals surface area contributed by atoms with Crippen LogP contribution in [0.4, 0.5) is 10.6 Å². The molecule has 5 atom stereocenters.